The van der Waals surface area contributed by atoms with Crippen molar-refractivity contribution < 1.29 is 23.9 Å². The molecule has 154 valence electrons. The predicted octanol–water partition coefficient (Wildman–Crippen LogP) is 2.85. The van der Waals surface area contributed by atoms with Gasteiger partial charge in [0.05, 0.1) is 6.61 Å². The minimum absolute atomic E-state index is 0.0340. The molecule has 28 heavy (non-hydrogen) atoms. The molecule has 2 rings (SSSR count). The molecule has 0 aliphatic carbocycles. The van der Waals surface area contributed by atoms with Crippen LogP contribution in [0.4, 0.5) is 4.79 Å². The number of hydrogen-bond acceptors (Lipinski definition) is 5. The second-order valence-electron chi connectivity index (χ2n) is 7.96. The third-order valence-corrected chi connectivity index (χ3v) is 4.67. The molecule has 0 saturated carbocycles. The number of hydrogen-bond donors (Lipinski definition) is 1. The van der Waals surface area contributed by atoms with E-state index < -0.39 is 23.7 Å². The Morgan fingerprint density at radius 1 is 1.21 bits per heavy atom. The molecule has 0 radical (unpaired) electrons. The maximum absolute atomic E-state index is 13.0. The third-order valence-electron chi connectivity index (χ3n) is 4.67. The fourth-order valence-corrected chi connectivity index (χ4v) is 3.42. The fourth-order valence-electron chi connectivity index (χ4n) is 3.42. The molecular formula is C21H30N2O5. The van der Waals surface area contributed by atoms with Crippen molar-refractivity contribution in [3.63, 3.8) is 0 Å². The molecule has 3 atom stereocenters. The summed E-state index contributed by atoms with van der Waals surface area (Å²) < 4.78 is 10.3. The highest BCUT2D eigenvalue weighted by Gasteiger charge is 2.42. The summed E-state index contributed by atoms with van der Waals surface area (Å²) in [6, 6.07) is 8.79. The highest BCUT2D eigenvalue weighted by molar-refractivity contribution is 5.89. The van der Waals surface area contributed by atoms with Crippen LogP contribution in [0.25, 0.3) is 0 Å². The van der Waals surface area contributed by atoms with Gasteiger partial charge in [0.1, 0.15) is 18.2 Å². The smallest absolute Gasteiger partial charge is 0.408 e. The number of nitrogens with zero attached hydrogens (tertiary/aromatic N) is 1. The van der Waals surface area contributed by atoms with E-state index in [1.165, 1.54) is 4.90 Å². The van der Waals surface area contributed by atoms with Gasteiger partial charge in [-0.2, -0.15) is 0 Å². The molecule has 1 aliphatic heterocycles. The van der Waals surface area contributed by atoms with Gasteiger partial charge in [0.25, 0.3) is 0 Å². The van der Waals surface area contributed by atoms with E-state index in [-0.39, 0.29) is 31.0 Å². The quantitative estimate of drug-likeness (QED) is 0.782. The molecule has 7 heteroatoms. The molecule has 1 aromatic rings. The van der Waals surface area contributed by atoms with Gasteiger partial charge < -0.3 is 19.7 Å². The molecule has 1 aromatic carbocycles. The maximum atomic E-state index is 13.0. The first-order valence-electron chi connectivity index (χ1n) is 9.63. The lowest BCUT2D eigenvalue weighted by Crippen LogP contribution is -2.59. The topological polar surface area (TPSA) is 84.9 Å². The molecular weight excluding hydrogens is 360 g/mol. The normalized spacial score (nSPS) is 22.5. The van der Waals surface area contributed by atoms with Crippen LogP contribution in [0.1, 0.15) is 52.5 Å². The number of carbonyl (C=O) groups is 3. The number of carbonyl (C=O) groups excluding carboxylic acids is 3. The first-order valence-corrected chi connectivity index (χ1v) is 9.63. The zero-order valence-corrected chi connectivity index (χ0v) is 17.2. The highest BCUT2D eigenvalue weighted by Crippen LogP contribution is 2.33. The predicted molar refractivity (Wildman–Crippen MR) is 105 cm³/mol. The standard InChI is InChI=1S/C21H30N2O5/c1-6-27-18(24)13-23-14(2)16(15-10-8-7-9-11-15)12-17(19(23)25)22-20(26)28-21(3,4)5/h7-11,14,16-17H,6,12-13H2,1-5H3,(H,22,26). The van der Waals surface area contributed by atoms with E-state index in [2.05, 4.69) is 5.32 Å². The van der Waals surface area contributed by atoms with Crippen LogP contribution in [-0.4, -0.2) is 53.7 Å². The zero-order chi connectivity index (χ0) is 20.9. The van der Waals surface area contributed by atoms with Crippen LogP contribution in [0.3, 0.4) is 0 Å². The van der Waals surface area contributed by atoms with Crippen LogP contribution in [0.15, 0.2) is 30.3 Å². The Morgan fingerprint density at radius 2 is 1.86 bits per heavy atom. The van der Waals surface area contributed by atoms with Crippen molar-refractivity contribution in [1.82, 2.24) is 10.2 Å². The number of rotatable bonds is 5. The summed E-state index contributed by atoms with van der Waals surface area (Å²) >= 11 is 0. The van der Waals surface area contributed by atoms with E-state index in [0.29, 0.717) is 6.42 Å². The van der Waals surface area contributed by atoms with E-state index in [0.717, 1.165) is 5.56 Å². The summed E-state index contributed by atoms with van der Waals surface area (Å²) in [6.45, 7) is 9.02. The molecule has 1 N–H and O–H groups in total. The number of ether oxygens (including phenoxy) is 2. The van der Waals surface area contributed by atoms with Crippen LogP contribution in [-0.2, 0) is 19.1 Å². The van der Waals surface area contributed by atoms with E-state index in [1.54, 1.807) is 27.7 Å². The van der Waals surface area contributed by atoms with Gasteiger partial charge in [-0.15, -0.1) is 0 Å². The van der Waals surface area contributed by atoms with E-state index in [1.807, 2.05) is 37.3 Å². The van der Waals surface area contributed by atoms with Crippen molar-refractivity contribution in [3.05, 3.63) is 35.9 Å². The number of esters is 1. The SMILES string of the molecule is CCOC(=O)CN1C(=O)C(NC(=O)OC(C)(C)C)CC(c2ccccc2)C1C. The largest absolute Gasteiger partial charge is 0.465 e. The van der Waals surface area contributed by atoms with E-state index >= 15 is 0 Å². The minimum Gasteiger partial charge on any atom is -0.465 e. The Labute approximate surface area is 166 Å². The summed E-state index contributed by atoms with van der Waals surface area (Å²) in [7, 11) is 0. The molecule has 0 aromatic heterocycles. The van der Waals surface area contributed by atoms with Crippen molar-refractivity contribution in [2.45, 2.75) is 64.6 Å². The number of likely N-dealkylation sites (tertiary alicyclic amines) is 1. The summed E-state index contributed by atoms with van der Waals surface area (Å²) in [5.41, 5.74) is 0.380. The van der Waals surface area contributed by atoms with Gasteiger partial charge in [-0.05, 0) is 46.6 Å². The first-order chi connectivity index (χ1) is 13.1. The number of amides is 2. The van der Waals surface area contributed by atoms with Crippen molar-refractivity contribution in [1.29, 1.82) is 0 Å². The summed E-state index contributed by atoms with van der Waals surface area (Å²) in [6.07, 6.45) is -0.217. The second kappa shape index (κ2) is 9.08. The van der Waals surface area contributed by atoms with Crippen LogP contribution in [0, 0.1) is 0 Å². The van der Waals surface area contributed by atoms with Gasteiger partial charge in [-0.1, -0.05) is 30.3 Å². The Morgan fingerprint density at radius 3 is 2.43 bits per heavy atom. The number of benzene rings is 1. The van der Waals surface area contributed by atoms with Gasteiger partial charge in [0.2, 0.25) is 5.91 Å². The lowest BCUT2D eigenvalue weighted by atomic mass is 9.82. The Kier molecular flexibility index (Phi) is 7.05. The van der Waals surface area contributed by atoms with Gasteiger partial charge in [-0.3, -0.25) is 9.59 Å². The molecule has 1 fully saturated rings. The van der Waals surface area contributed by atoms with Crippen LogP contribution in [0.2, 0.25) is 0 Å². The summed E-state index contributed by atoms with van der Waals surface area (Å²) in [5.74, 6) is -0.806. The lowest BCUT2D eigenvalue weighted by Gasteiger charge is -2.42. The number of nitrogens with one attached hydrogen (secondary N) is 1. The molecule has 1 aliphatic rings. The molecule has 1 saturated heterocycles. The Balaban J connectivity index is 2.25. The van der Waals surface area contributed by atoms with Crippen molar-refractivity contribution >= 4 is 18.0 Å². The lowest BCUT2D eigenvalue weighted by molar-refractivity contribution is -0.153. The fraction of sp³-hybridized carbons (Fsp3) is 0.571. The van der Waals surface area contributed by atoms with Crippen molar-refractivity contribution in [2.75, 3.05) is 13.2 Å². The van der Waals surface area contributed by atoms with Gasteiger partial charge >= 0.3 is 12.1 Å². The van der Waals surface area contributed by atoms with Gasteiger partial charge in [0.15, 0.2) is 0 Å². The highest BCUT2D eigenvalue weighted by atomic mass is 16.6. The van der Waals surface area contributed by atoms with Gasteiger partial charge in [0, 0.05) is 12.0 Å². The Bertz CT molecular complexity index is 698. The molecule has 1 heterocycles. The van der Waals surface area contributed by atoms with Crippen LogP contribution >= 0.6 is 0 Å². The number of piperidine rings is 1. The molecule has 2 amide bonds. The molecule has 0 bridgehead atoms. The maximum Gasteiger partial charge on any atom is 0.408 e. The zero-order valence-electron chi connectivity index (χ0n) is 17.2. The summed E-state index contributed by atoms with van der Waals surface area (Å²) in [4.78, 5) is 38.8. The second-order valence-corrected chi connectivity index (χ2v) is 7.96. The molecule has 0 spiro atoms. The van der Waals surface area contributed by atoms with Gasteiger partial charge in [-0.25, -0.2) is 4.79 Å². The first kappa shape index (κ1) is 21.7. The number of alkyl carbamates (subject to hydrolysis) is 1. The monoisotopic (exact) mass is 390 g/mol. The Hall–Kier alpha value is -2.57. The molecule has 3 unspecified atom stereocenters. The van der Waals surface area contributed by atoms with Crippen molar-refractivity contribution in [3.8, 4) is 0 Å². The van der Waals surface area contributed by atoms with Crippen LogP contribution in [0.5, 0.6) is 0 Å². The average molecular weight is 390 g/mol. The van der Waals surface area contributed by atoms with Crippen molar-refractivity contribution in [2.24, 2.45) is 0 Å². The van der Waals surface area contributed by atoms with Crippen LogP contribution < -0.4 is 5.32 Å². The van der Waals surface area contributed by atoms with E-state index in [4.69, 9.17) is 9.47 Å². The minimum atomic E-state index is -0.773. The average Bonchev–Trinajstić information content (AvgIpc) is 2.60. The summed E-state index contributed by atoms with van der Waals surface area (Å²) in [5, 5.41) is 2.68. The van der Waals surface area contributed by atoms with E-state index in [9.17, 15) is 14.4 Å². The molecule has 7 nitrogen and oxygen atoms in total. The third kappa shape index (κ3) is 5.71.